The van der Waals surface area contributed by atoms with Crippen LogP contribution in [-0.4, -0.2) is 27.4 Å². The van der Waals surface area contributed by atoms with Gasteiger partial charge in [0.05, 0.1) is 18.3 Å². The standard InChI is InChI=1S/C23H24N2O4S/c1-14-8-10-16(11-9-14)18(26)12-25-13-24-21-19(22(25)27)15(2)20(30-21)23(28)29-17-6-4-3-5-7-17/h8-11,13,17H,3-7,12H2,1-2H3. The summed E-state index contributed by atoms with van der Waals surface area (Å²) < 4.78 is 6.98. The average Bonchev–Trinajstić information content (AvgIpc) is 3.08. The number of ether oxygens (including phenoxy) is 1. The van der Waals surface area contributed by atoms with Crippen molar-refractivity contribution in [1.29, 1.82) is 0 Å². The number of carbonyl (C=O) groups excluding carboxylic acids is 2. The monoisotopic (exact) mass is 424 g/mol. The van der Waals surface area contributed by atoms with Crippen molar-refractivity contribution in [2.75, 3.05) is 0 Å². The lowest BCUT2D eigenvalue weighted by molar-refractivity contribution is 0.0216. The highest BCUT2D eigenvalue weighted by Crippen LogP contribution is 2.29. The highest BCUT2D eigenvalue weighted by Gasteiger charge is 2.24. The third-order valence-corrected chi connectivity index (χ3v) is 6.80. The van der Waals surface area contributed by atoms with E-state index in [4.69, 9.17) is 4.74 Å². The summed E-state index contributed by atoms with van der Waals surface area (Å²) >= 11 is 1.18. The van der Waals surface area contributed by atoms with E-state index < -0.39 is 0 Å². The van der Waals surface area contributed by atoms with E-state index in [2.05, 4.69) is 4.98 Å². The van der Waals surface area contributed by atoms with Gasteiger partial charge >= 0.3 is 5.97 Å². The summed E-state index contributed by atoms with van der Waals surface area (Å²) in [6, 6.07) is 7.24. The molecule has 2 aromatic heterocycles. The molecule has 0 radical (unpaired) electrons. The van der Waals surface area contributed by atoms with Crippen molar-refractivity contribution in [3.63, 3.8) is 0 Å². The van der Waals surface area contributed by atoms with Crippen molar-refractivity contribution in [3.05, 3.63) is 62.5 Å². The smallest absolute Gasteiger partial charge is 0.348 e. The van der Waals surface area contributed by atoms with Gasteiger partial charge in [-0.15, -0.1) is 11.3 Å². The fraction of sp³-hybridized carbons (Fsp3) is 0.391. The van der Waals surface area contributed by atoms with Crippen molar-refractivity contribution < 1.29 is 14.3 Å². The minimum absolute atomic E-state index is 0.0485. The second kappa shape index (κ2) is 8.52. The Labute approximate surface area is 178 Å². The fourth-order valence-corrected chi connectivity index (χ4v) is 4.86. The molecule has 0 amide bonds. The maximum absolute atomic E-state index is 13.0. The van der Waals surface area contributed by atoms with E-state index in [1.165, 1.54) is 28.7 Å². The number of rotatable bonds is 5. The van der Waals surface area contributed by atoms with Gasteiger partial charge in [0.1, 0.15) is 15.8 Å². The molecule has 2 heterocycles. The number of fused-ring (bicyclic) bond motifs is 1. The van der Waals surface area contributed by atoms with Crippen molar-refractivity contribution in [2.24, 2.45) is 0 Å². The molecule has 3 aromatic rings. The van der Waals surface area contributed by atoms with Crippen LogP contribution < -0.4 is 5.56 Å². The summed E-state index contributed by atoms with van der Waals surface area (Å²) in [5, 5.41) is 0.384. The maximum atomic E-state index is 13.0. The molecule has 1 aliphatic rings. The van der Waals surface area contributed by atoms with Crippen LogP contribution in [-0.2, 0) is 11.3 Å². The molecule has 0 spiro atoms. The van der Waals surface area contributed by atoms with Gasteiger partial charge in [0.2, 0.25) is 0 Å². The molecule has 30 heavy (non-hydrogen) atoms. The third-order valence-electron chi connectivity index (χ3n) is 5.62. The lowest BCUT2D eigenvalue weighted by atomic mass is 9.98. The van der Waals surface area contributed by atoms with E-state index in [-0.39, 0.29) is 30.0 Å². The number of aryl methyl sites for hydroxylation is 2. The van der Waals surface area contributed by atoms with Crippen LogP contribution >= 0.6 is 11.3 Å². The average molecular weight is 425 g/mol. The first-order chi connectivity index (χ1) is 14.4. The second-order valence-electron chi connectivity index (χ2n) is 7.87. The van der Waals surface area contributed by atoms with Crippen LogP contribution in [0.5, 0.6) is 0 Å². The van der Waals surface area contributed by atoms with Gasteiger partial charge in [0.25, 0.3) is 5.56 Å². The van der Waals surface area contributed by atoms with E-state index in [0.717, 1.165) is 31.2 Å². The molecule has 1 aromatic carbocycles. The Morgan fingerprint density at radius 1 is 1.13 bits per heavy atom. The van der Waals surface area contributed by atoms with Gasteiger partial charge in [0, 0.05) is 5.56 Å². The fourth-order valence-electron chi connectivity index (χ4n) is 3.84. The van der Waals surface area contributed by atoms with Crippen molar-refractivity contribution in [1.82, 2.24) is 9.55 Å². The number of hydrogen-bond acceptors (Lipinski definition) is 6. The minimum Gasteiger partial charge on any atom is -0.458 e. The highest BCUT2D eigenvalue weighted by atomic mass is 32.1. The van der Waals surface area contributed by atoms with Crippen LogP contribution in [0, 0.1) is 13.8 Å². The molecule has 7 heteroatoms. The summed E-state index contributed by atoms with van der Waals surface area (Å²) in [5.41, 5.74) is 1.87. The normalized spacial score (nSPS) is 14.7. The molecule has 156 valence electrons. The molecule has 0 N–H and O–H groups in total. The minimum atomic E-state index is -0.385. The Bertz CT molecular complexity index is 1150. The van der Waals surface area contributed by atoms with Gasteiger partial charge in [-0.25, -0.2) is 9.78 Å². The Morgan fingerprint density at radius 2 is 1.83 bits per heavy atom. The molecular weight excluding hydrogens is 400 g/mol. The molecule has 1 fully saturated rings. The molecular formula is C23H24N2O4S. The Morgan fingerprint density at radius 3 is 2.53 bits per heavy atom. The van der Waals surface area contributed by atoms with Crippen molar-refractivity contribution >= 4 is 33.3 Å². The number of aromatic nitrogens is 2. The van der Waals surface area contributed by atoms with Gasteiger partial charge in [-0.05, 0) is 45.1 Å². The summed E-state index contributed by atoms with van der Waals surface area (Å²) in [6.07, 6.45) is 6.44. The Balaban J connectivity index is 1.60. The van der Waals surface area contributed by atoms with Crippen LogP contribution in [0.15, 0.2) is 35.4 Å². The van der Waals surface area contributed by atoms with E-state index in [9.17, 15) is 14.4 Å². The topological polar surface area (TPSA) is 78.3 Å². The van der Waals surface area contributed by atoms with Crippen LogP contribution in [0.25, 0.3) is 10.2 Å². The molecule has 4 rings (SSSR count). The van der Waals surface area contributed by atoms with Crippen LogP contribution in [0.4, 0.5) is 0 Å². The second-order valence-corrected chi connectivity index (χ2v) is 8.87. The summed E-state index contributed by atoms with van der Waals surface area (Å²) in [5.74, 6) is -0.549. The quantitative estimate of drug-likeness (QED) is 0.447. The number of hydrogen-bond donors (Lipinski definition) is 0. The number of esters is 1. The van der Waals surface area contributed by atoms with E-state index in [1.54, 1.807) is 19.1 Å². The predicted molar refractivity (Wildman–Crippen MR) is 116 cm³/mol. The summed E-state index contributed by atoms with van der Waals surface area (Å²) in [7, 11) is 0. The zero-order valence-electron chi connectivity index (χ0n) is 17.1. The van der Waals surface area contributed by atoms with Crippen LogP contribution in [0.3, 0.4) is 0 Å². The van der Waals surface area contributed by atoms with Gasteiger partial charge in [-0.2, -0.15) is 0 Å². The molecule has 0 saturated heterocycles. The lowest BCUT2D eigenvalue weighted by Crippen LogP contribution is -2.24. The van der Waals surface area contributed by atoms with E-state index in [1.807, 2.05) is 19.1 Å². The highest BCUT2D eigenvalue weighted by molar-refractivity contribution is 7.20. The van der Waals surface area contributed by atoms with Gasteiger partial charge in [-0.1, -0.05) is 36.2 Å². The summed E-state index contributed by atoms with van der Waals surface area (Å²) in [4.78, 5) is 43.5. The first kappa shape index (κ1) is 20.5. The lowest BCUT2D eigenvalue weighted by Gasteiger charge is -2.21. The molecule has 1 saturated carbocycles. The van der Waals surface area contributed by atoms with Crippen molar-refractivity contribution in [3.8, 4) is 0 Å². The molecule has 0 unspecified atom stereocenters. The van der Waals surface area contributed by atoms with E-state index in [0.29, 0.717) is 26.2 Å². The Kier molecular flexibility index (Phi) is 5.81. The SMILES string of the molecule is Cc1ccc(C(=O)Cn2cnc3sc(C(=O)OC4CCCCC4)c(C)c3c2=O)cc1. The van der Waals surface area contributed by atoms with Crippen molar-refractivity contribution in [2.45, 2.75) is 58.6 Å². The van der Waals surface area contributed by atoms with Gasteiger partial charge in [-0.3, -0.25) is 14.2 Å². The first-order valence-corrected chi connectivity index (χ1v) is 11.0. The number of benzene rings is 1. The van der Waals surface area contributed by atoms with Gasteiger partial charge < -0.3 is 4.74 Å². The summed E-state index contributed by atoms with van der Waals surface area (Å²) in [6.45, 7) is 3.60. The largest absolute Gasteiger partial charge is 0.458 e. The predicted octanol–water partition coefficient (Wildman–Crippen LogP) is 4.45. The number of Topliss-reactive ketones (excluding diaryl/α,β-unsaturated/α-hetero) is 1. The molecule has 6 nitrogen and oxygen atoms in total. The number of thiophene rings is 1. The van der Waals surface area contributed by atoms with Gasteiger partial charge in [0.15, 0.2) is 5.78 Å². The molecule has 0 bridgehead atoms. The number of carbonyl (C=O) groups is 2. The van der Waals surface area contributed by atoms with Crippen LogP contribution in [0.1, 0.15) is 63.3 Å². The number of ketones is 1. The van der Waals surface area contributed by atoms with Crippen LogP contribution in [0.2, 0.25) is 0 Å². The van der Waals surface area contributed by atoms with E-state index >= 15 is 0 Å². The zero-order chi connectivity index (χ0) is 21.3. The molecule has 0 aliphatic heterocycles. The molecule has 0 atom stereocenters. The maximum Gasteiger partial charge on any atom is 0.348 e. The zero-order valence-corrected chi connectivity index (χ0v) is 18.0. The number of nitrogens with zero attached hydrogens (tertiary/aromatic N) is 2. The third kappa shape index (κ3) is 4.07. The molecule has 1 aliphatic carbocycles. The Hall–Kier alpha value is -2.80. The first-order valence-electron chi connectivity index (χ1n) is 10.2.